The van der Waals surface area contributed by atoms with Crippen molar-refractivity contribution < 1.29 is 18.3 Å². The number of carbonyl (C=O) groups is 1. The molecule has 120 valence electrons. The van der Waals surface area contributed by atoms with Gasteiger partial charge in [0.05, 0.1) is 25.0 Å². The minimum atomic E-state index is -0.987. The number of amides is 1. The van der Waals surface area contributed by atoms with Crippen LogP contribution in [0.15, 0.2) is 23.8 Å². The SMILES string of the molecule is COc1cc(F)c(C(=O)N[C@H](C)c2cn3ncsc3n2)c(F)c1. The van der Waals surface area contributed by atoms with Crippen molar-refractivity contribution in [1.29, 1.82) is 0 Å². The predicted octanol–water partition coefficient (Wildman–Crippen LogP) is 2.57. The van der Waals surface area contributed by atoms with Crippen LogP contribution in [-0.4, -0.2) is 27.6 Å². The van der Waals surface area contributed by atoms with Gasteiger partial charge in [-0.25, -0.2) is 18.3 Å². The second kappa shape index (κ2) is 5.92. The van der Waals surface area contributed by atoms with Crippen molar-refractivity contribution in [3.63, 3.8) is 0 Å². The molecule has 1 amide bonds. The molecule has 0 aliphatic heterocycles. The number of rotatable bonds is 4. The van der Waals surface area contributed by atoms with Crippen molar-refractivity contribution in [3.05, 3.63) is 46.7 Å². The van der Waals surface area contributed by atoms with Crippen molar-refractivity contribution in [2.75, 3.05) is 7.11 Å². The van der Waals surface area contributed by atoms with Crippen LogP contribution in [-0.2, 0) is 0 Å². The van der Waals surface area contributed by atoms with Crippen molar-refractivity contribution in [1.82, 2.24) is 19.9 Å². The van der Waals surface area contributed by atoms with Crippen LogP contribution in [0, 0.1) is 11.6 Å². The molecule has 0 aliphatic rings. The van der Waals surface area contributed by atoms with Gasteiger partial charge in [0, 0.05) is 12.1 Å². The Bertz CT molecular complexity index is 825. The lowest BCUT2D eigenvalue weighted by Gasteiger charge is -2.13. The molecule has 0 bridgehead atoms. The van der Waals surface area contributed by atoms with Crippen LogP contribution in [0.25, 0.3) is 4.96 Å². The third-order valence-electron chi connectivity index (χ3n) is 3.27. The zero-order chi connectivity index (χ0) is 16.6. The molecule has 0 saturated carbocycles. The first-order valence-electron chi connectivity index (χ1n) is 6.62. The number of imidazole rings is 1. The number of hydrogen-bond donors (Lipinski definition) is 1. The highest BCUT2D eigenvalue weighted by Crippen LogP contribution is 2.22. The van der Waals surface area contributed by atoms with E-state index in [1.54, 1.807) is 23.1 Å². The number of carbonyl (C=O) groups excluding carboxylic acids is 1. The Labute approximate surface area is 133 Å². The Hall–Kier alpha value is -2.55. The maximum absolute atomic E-state index is 13.9. The molecule has 1 N–H and O–H groups in total. The maximum Gasteiger partial charge on any atom is 0.257 e. The number of halogens is 2. The largest absolute Gasteiger partial charge is 0.497 e. The number of nitrogens with zero attached hydrogens (tertiary/aromatic N) is 3. The van der Waals surface area contributed by atoms with Gasteiger partial charge in [0.2, 0.25) is 4.96 Å². The quantitative estimate of drug-likeness (QED) is 0.794. The fraction of sp³-hybridized carbons (Fsp3) is 0.214. The Balaban J connectivity index is 1.82. The van der Waals surface area contributed by atoms with Crippen LogP contribution in [0.3, 0.4) is 0 Å². The number of ether oxygens (including phenoxy) is 1. The summed E-state index contributed by atoms with van der Waals surface area (Å²) in [7, 11) is 1.29. The minimum absolute atomic E-state index is 0.00464. The standard InChI is InChI=1S/C14H12F2N4O2S/c1-7(11-5-20-14(19-11)23-6-17-20)18-13(21)12-9(15)3-8(22-2)4-10(12)16/h3-7H,1-2H3,(H,18,21)/t7-/m1/s1. The Morgan fingerprint density at radius 1 is 1.39 bits per heavy atom. The first kappa shape index (κ1) is 15.3. The summed E-state index contributed by atoms with van der Waals surface area (Å²) in [5, 5.41) is 6.56. The lowest BCUT2D eigenvalue weighted by Crippen LogP contribution is -2.28. The summed E-state index contributed by atoms with van der Waals surface area (Å²) in [6.45, 7) is 1.67. The predicted molar refractivity (Wildman–Crippen MR) is 79.7 cm³/mol. The fourth-order valence-corrected chi connectivity index (χ4v) is 2.70. The van der Waals surface area contributed by atoms with Crippen LogP contribution in [0.2, 0.25) is 0 Å². The molecule has 0 saturated heterocycles. The molecular formula is C14H12F2N4O2S. The second-order valence-corrected chi connectivity index (χ2v) is 5.60. The summed E-state index contributed by atoms with van der Waals surface area (Å²) < 4.78 is 34.1. The van der Waals surface area contributed by atoms with Gasteiger partial charge in [-0.05, 0) is 6.92 Å². The third kappa shape index (κ3) is 2.87. The molecule has 0 fully saturated rings. The fourth-order valence-electron chi connectivity index (χ4n) is 2.09. The monoisotopic (exact) mass is 338 g/mol. The number of benzene rings is 1. The second-order valence-electron chi connectivity index (χ2n) is 4.79. The van der Waals surface area contributed by atoms with Crippen LogP contribution in [0.1, 0.15) is 29.0 Å². The van der Waals surface area contributed by atoms with E-state index in [1.165, 1.54) is 18.4 Å². The number of nitrogens with one attached hydrogen (secondary N) is 1. The van der Waals surface area contributed by atoms with E-state index in [1.807, 2.05) is 0 Å². The summed E-state index contributed by atoms with van der Waals surface area (Å²) in [4.78, 5) is 17.1. The summed E-state index contributed by atoms with van der Waals surface area (Å²) in [6, 6.07) is 1.38. The first-order valence-corrected chi connectivity index (χ1v) is 7.50. The number of methoxy groups -OCH3 is 1. The van der Waals surface area contributed by atoms with Gasteiger partial charge in [0.1, 0.15) is 28.5 Å². The smallest absolute Gasteiger partial charge is 0.257 e. The highest BCUT2D eigenvalue weighted by atomic mass is 32.1. The lowest BCUT2D eigenvalue weighted by molar-refractivity contribution is 0.0930. The molecular weight excluding hydrogens is 326 g/mol. The van der Waals surface area contributed by atoms with Crippen molar-refractivity contribution in [3.8, 4) is 5.75 Å². The van der Waals surface area contributed by atoms with Gasteiger partial charge in [-0.1, -0.05) is 11.3 Å². The highest BCUT2D eigenvalue weighted by Gasteiger charge is 2.22. The van der Waals surface area contributed by atoms with Gasteiger partial charge in [0.25, 0.3) is 5.91 Å². The summed E-state index contributed by atoms with van der Waals surface area (Å²) >= 11 is 1.34. The molecule has 9 heteroatoms. The van der Waals surface area contributed by atoms with Gasteiger partial charge in [0.15, 0.2) is 0 Å². The molecule has 0 spiro atoms. The maximum atomic E-state index is 13.9. The molecule has 3 rings (SSSR count). The van der Waals surface area contributed by atoms with E-state index >= 15 is 0 Å². The van der Waals surface area contributed by atoms with E-state index in [4.69, 9.17) is 4.74 Å². The van der Waals surface area contributed by atoms with Crippen LogP contribution in [0.4, 0.5) is 8.78 Å². The number of aromatic nitrogens is 3. The molecule has 6 nitrogen and oxygen atoms in total. The van der Waals surface area contributed by atoms with E-state index in [0.29, 0.717) is 10.7 Å². The summed E-state index contributed by atoms with van der Waals surface area (Å²) in [5.74, 6) is -2.83. The van der Waals surface area contributed by atoms with E-state index in [-0.39, 0.29) is 5.75 Å². The average molecular weight is 338 g/mol. The van der Waals surface area contributed by atoms with Crippen molar-refractivity contribution in [2.45, 2.75) is 13.0 Å². The molecule has 23 heavy (non-hydrogen) atoms. The van der Waals surface area contributed by atoms with E-state index < -0.39 is 29.1 Å². The lowest BCUT2D eigenvalue weighted by atomic mass is 10.1. The molecule has 0 unspecified atom stereocenters. The molecule has 2 heterocycles. The van der Waals surface area contributed by atoms with Crippen LogP contribution < -0.4 is 10.1 Å². The Morgan fingerprint density at radius 2 is 2.09 bits per heavy atom. The molecule has 3 aromatic rings. The molecule has 0 radical (unpaired) electrons. The third-order valence-corrected chi connectivity index (χ3v) is 3.96. The summed E-state index contributed by atoms with van der Waals surface area (Å²) in [6.07, 6.45) is 1.65. The average Bonchev–Trinajstić information content (AvgIpc) is 3.07. The minimum Gasteiger partial charge on any atom is -0.497 e. The van der Waals surface area contributed by atoms with Gasteiger partial charge in [-0.3, -0.25) is 4.79 Å². The zero-order valence-corrected chi connectivity index (χ0v) is 13.0. The highest BCUT2D eigenvalue weighted by molar-refractivity contribution is 7.14. The van der Waals surface area contributed by atoms with Gasteiger partial charge in [-0.2, -0.15) is 5.10 Å². The summed E-state index contributed by atoms with van der Waals surface area (Å²) in [5.41, 5.74) is 1.53. The van der Waals surface area contributed by atoms with E-state index in [0.717, 1.165) is 12.1 Å². The number of hydrogen-bond acceptors (Lipinski definition) is 5. The van der Waals surface area contributed by atoms with Gasteiger partial charge in [-0.15, -0.1) is 0 Å². The van der Waals surface area contributed by atoms with Gasteiger partial charge < -0.3 is 10.1 Å². The van der Waals surface area contributed by atoms with Crippen LogP contribution >= 0.6 is 11.3 Å². The molecule has 2 aromatic heterocycles. The van der Waals surface area contributed by atoms with E-state index in [9.17, 15) is 13.6 Å². The topological polar surface area (TPSA) is 68.5 Å². The van der Waals surface area contributed by atoms with E-state index in [2.05, 4.69) is 15.4 Å². The van der Waals surface area contributed by atoms with Crippen LogP contribution in [0.5, 0.6) is 5.75 Å². The van der Waals surface area contributed by atoms with Crippen molar-refractivity contribution in [2.24, 2.45) is 0 Å². The Morgan fingerprint density at radius 3 is 2.70 bits per heavy atom. The normalized spacial score (nSPS) is 12.3. The van der Waals surface area contributed by atoms with Crippen molar-refractivity contribution >= 4 is 22.2 Å². The zero-order valence-electron chi connectivity index (χ0n) is 12.2. The van der Waals surface area contributed by atoms with Gasteiger partial charge >= 0.3 is 0 Å². The number of fused-ring (bicyclic) bond motifs is 1. The molecule has 0 aliphatic carbocycles. The molecule has 1 atom stereocenters. The molecule has 1 aromatic carbocycles. The Kier molecular flexibility index (Phi) is 3.95. The first-order chi connectivity index (χ1) is 11.0.